The van der Waals surface area contributed by atoms with Crippen LogP contribution in [0.3, 0.4) is 0 Å². The minimum atomic E-state index is -0.00898. The largest absolute Gasteiger partial charge is 0.494 e. The quantitative estimate of drug-likeness (QED) is 0.396. The molecule has 0 saturated carbocycles. The highest BCUT2D eigenvalue weighted by molar-refractivity contribution is 6.00. The lowest BCUT2D eigenvalue weighted by Crippen LogP contribution is -2.09. The zero-order chi connectivity index (χ0) is 21.9. The van der Waals surface area contributed by atoms with Crippen LogP contribution in [-0.2, 0) is 12.8 Å². The zero-order valence-electron chi connectivity index (χ0n) is 18.9. The topological polar surface area (TPSA) is 54.0 Å². The van der Waals surface area contributed by atoms with Gasteiger partial charge in [0.1, 0.15) is 11.5 Å². The van der Waals surface area contributed by atoms with E-state index in [1.807, 2.05) is 33.8 Å². The summed E-state index contributed by atoms with van der Waals surface area (Å²) < 4.78 is 23.0. The maximum atomic E-state index is 13.2. The molecule has 0 fully saturated rings. The Morgan fingerprint density at radius 2 is 1.43 bits per heavy atom. The highest BCUT2D eigenvalue weighted by Gasteiger charge is 2.20. The smallest absolute Gasteiger partial charge is 0.172 e. The van der Waals surface area contributed by atoms with E-state index in [0.29, 0.717) is 62.1 Å². The number of benzene rings is 2. The molecule has 0 saturated heterocycles. The maximum absolute atomic E-state index is 13.2. The van der Waals surface area contributed by atoms with Gasteiger partial charge in [-0.05, 0) is 63.8 Å². The van der Waals surface area contributed by atoms with E-state index in [1.165, 1.54) is 5.56 Å². The Hall–Kier alpha value is -2.69. The van der Waals surface area contributed by atoms with Crippen molar-refractivity contribution in [1.82, 2.24) is 0 Å². The number of ketones is 1. The Morgan fingerprint density at radius 3 is 2.07 bits per heavy atom. The van der Waals surface area contributed by atoms with Gasteiger partial charge in [-0.1, -0.05) is 19.1 Å². The molecule has 2 aromatic rings. The number of carbonyl (C=O) groups is 1. The van der Waals surface area contributed by atoms with E-state index in [9.17, 15) is 4.79 Å². The fourth-order valence-electron chi connectivity index (χ4n) is 3.32. The summed E-state index contributed by atoms with van der Waals surface area (Å²) in [6, 6.07) is 9.74. The van der Waals surface area contributed by atoms with Crippen LogP contribution in [0.25, 0.3) is 0 Å². The van der Waals surface area contributed by atoms with E-state index in [-0.39, 0.29) is 5.78 Å². The predicted molar refractivity (Wildman–Crippen MR) is 120 cm³/mol. The van der Waals surface area contributed by atoms with Crippen LogP contribution in [0.2, 0.25) is 0 Å². The van der Waals surface area contributed by atoms with Crippen molar-refractivity contribution in [3.8, 4) is 23.0 Å². The molecule has 2 aromatic carbocycles. The van der Waals surface area contributed by atoms with Crippen molar-refractivity contribution in [2.45, 2.75) is 53.9 Å². The van der Waals surface area contributed by atoms with Gasteiger partial charge >= 0.3 is 0 Å². The highest BCUT2D eigenvalue weighted by Crippen LogP contribution is 2.37. The number of carbonyl (C=O) groups excluding carboxylic acids is 1. The minimum absolute atomic E-state index is 0.00898. The summed E-state index contributed by atoms with van der Waals surface area (Å²) in [5.41, 5.74) is 2.78. The second-order valence-electron chi connectivity index (χ2n) is 6.75. The first-order valence-corrected chi connectivity index (χ1v) is 10.9. The van der Waals surface area contributed by atoms with Gasteiger partial charge in [-0.25, -0.2) is 0 Å². The van der Waals surface area contributed by atoms with Crippen LogP contribution in [0.4, 0.5) is 0 Å². The fraction of sp³-hybridized carbons (Fsp3) is 0.480. The van der Waals surface area contributed by atoms with Crippen molar-refractivity contribution in [2.24, 2.45) is 0 Å². The molecular weight excluding hydrogens is 380 g/mol. The van der Waals surface area contributed by atoms with E-state index >= 15 is 0 Å². The summed E-state index contributed by atoms with van der Waals surface area (Å²) in [7, 11) is 0. The van der Waals surface area contributed by atoms with Crippen LogP contribution in [0.15, 0.2) is 30.3 Å². The Kier molecular flexibility index (Phi) is 9.52. The van der Waals surface area contributed by atoms with Crippen LogP contribution < -0.4 is 18.9 Å². The number of Topliss-reactive ketones (excluding diaryl/α,β-unsaturated/α-hetero) is 1. The third kappa shape index (κ3) is 6.15. The van der Waals surface area contributed by atoms with Crippen molar-refractivity contribution >= 4 is 5.78 Å². The summed E-state index contributed by atoms with van der Waals surface area (Å²) in [4.78, 5) is 13.2. The van der Waals surface area contributed by atoms with Crippen molar-refractivity contribution in [2.75, 3.05) is 26.4 Å². The first-order chi connectivity index (χ1) is 14.6. The Balaban J connectivity index is 2.33. The van der Waals surface area contributed by atoms with Gasteiger partial charge in [-0.15, -0.1) is 0 Å². The molecule has 30 heavy (non-hydrogen) atoms. The molecule has 0 bridgehead atoms. The van der Waals surface area contributed by atoms with Crippen molar-refractivity contribution in [1.29, 1.82) is 0 Å². The zero-order valence-corrected chi connectivity index (χ0v) is 18.9. The van der Waals surface area contributed by atoms with Crippen molar-refractivity contribution < 1.29 is 23.7 Å². The number of aryl methyl sites for hydroxylation is 2. The molecule has 0 spiro atoms. The number of hydrogen-bond donors (Lipinski definition) is 0. The second kappa shape index (κ2) is 12.1. The summed E-state index contributed by atoms with van der Waals surface area (Å²) >= 11 is 0. The normalized spacial score (nSPS) is 10.6. The highest BCUT2D eigenvalue weighted by atomic mass is 16.5. The second-order valence-corrected chi connectivity index (χ2v) is 6.75. The molecule has 164 valence electrons. The molecule has 0 aromatic heterocycles. The first kappa shape index (κ1) is 23.6. The number of hydrogen-bond acceptors (Lipinski definition) is 5. The van der Waals surface area contributed by atoms with Gasteiger partial charge in [-0.2, -0.15) is 0 Å². The summed E-state index contributed by atoms with van der Waals surface area (Å²) in [6.07, 6.45) is 1.88. The molecule has 0 aliphatic rings. The molecule has 0 atom stereocenters. The lowest BCUT2D eigenvalue weighted by Gasteiger charge is -2.17. The van der Waals surface area contributed by atoms with Crippen LogP contribution >= 0.6 is 0 Å². The van der Waals surface area contributed by atoms with Crippen LogP contribution in [0.1, 0.15) is 62.5 Å². The number of rotatable bonds is 13. The van der Waals surface area contributed by atoms with E-state index in [0.717, 1.165) is 17.7 Å². The van der Waals surface area contributed by atoms with Gasteiger partial charge in [0, 0.05) is 12.5 Å². The third-order valence-corrected chi connectivity index (χ3v) is 4.68. The molecule has 0 unspecified atom stereocenters. The monoisotopic (exact) mass is 414 g/mol. The van der Waals surface area contributed by atoms with E-state index in [1.54, 1.807) is 12.1 Å². The van der Waals surface area contributed by atoms with Crippen molar-refractivity contribution in [3.63, 3.8) is 0 Å². The summed E-state index contributed by atoms with van der Waals surface area (Å²) in [5, 5.41) is 0. The number of ether oxygens (including phenoxy) is 4. The lowest BCUT2D eigenvalue weighted by atomic mass is 9.99. The predicted octanol–water partition coefficient (Wildman–Crippen LogP) is 5.66. The molecule has 5 nitrogen and oxygen atoms in total. The van der Waals surface area contributed by atoms with Crippen LogP contribution in [0.5, 0.6) is 23.0 Å². The molecule has 0 radical (unpaired) electrons. The first-order valence-electron chi connectivity index (χ1n) is 10.9. The van der Waals surface area contributed by atoms with E-state index < -0.39 is 0 Å². The van der Waals surface area contributed by atoms with Gasteiger partial charge in [0.25, 0.3) is 0 Å². The molecule has 0 amide bonds. The summed E-state index contributed by atoms with van der Waals surface area (Å²) in [6.45, 7) is 11.8. The SMILES string of the molecule is CCOc1cc(OCC)c(OCC)c(C(=O)CCc2cc(CC)ccc2OCC)c1. The Morgan fingerprint density at radius 1 is 0.767 bits per heavy atom. The maximum Gasteiger partial charge on any atom is 0.172 e. The van der Waals surface area contributed by atoms with Gasteiger partial charge < -0.3 is 18.9 Å². The Labute approximate surface area is 180 Å². The average Bonchev–Trinajstić information content (AvgIpc) is 2.75. The molecule has 0 aliphatic heterocycles. The molecule has 2 rings (SSSR count). The van der Waals surface area contributed by atoms with E-state index in [2.05, 4.69) is 19.1 Å². The average molecular weight is 415 g/mol. The van der Waals surface area contributed by atoms with Gasteiger partial charge in [0.05, 0.1) is 32.0 Å². The van der Waals surface area contributed by atoms with Crippen LogP contribution in [0, 0.1) is 0 Å². The molecule has 5 heteroatoms. The molecule has 0 heterocycles. The summed E-state index contributed by atoms with van der Waals surface area (Å²) in [5.74, 6) is 2.46. The molecular formula is C25H34O5. The van der Waals surface area contributed by atoms with Crippen LogP contribution in [-0.4, -0.2) is 32.2 Å². The van der Waals surface area contributed by atoms with Gasteiger partial charge in [0.15, 0.2) is 17.3 Å². The minimum Gasteiger partial charge on any atom is -0.494 e. The van der Waals surface area contributed by atoms with E-state index in [4.69, 9.17) is 18.9 Å². The van der Waals surface area contributed by atoms with Crippen molar-refractivity contribution in [3.05, 3.63) is 47.0 Å². The third-order valence-electron chi connectivity index (χ3n) is 4.68. The Bertz CT molecular complexity index is 829. The van der Waals surface area contributed by atoms with Gasteiger partial charge in [-0.3, -0.25) is 4.79 Å². The molecule has 0 N–H and O–H groups in total. The fourth-order valence-corrected chi connectivity index (χ4v) is 3.32. The van der Waals surface area contributed by atoms with Gasteiger partial charge in [0.2, 0.25) is 0 Å². The standard InChI is InChI=1S/C25H34O5/c1-6-18-11-14-23(28-8-3)19(15-18)12-13-22(26)21-16-20(27-7-2)17-24(29-9-4)25(21)30-10-5/h11,14-17H,6-10,12-13H2,1-5H3. The molecule has 0 aliphatic carbocycles. The lowest BCUT2D eigenvalue weighted by molar-refractivity contribution is 0.0977.